The van der Waals surface area contributed by atoms with Gasteiger partial charge in [-0.2, -0.15) is 5.26 Å². The first-order valence-corrected chi connectivity index (χ1v) is 10.3. The van der Waals surface area contributed by atoms with Crippen LogP contribution in [0.3, 0.4) is 0 Å². The molecular formula is C27H16F2N2O3. The van der Waals surface area contributed by atoms with Gasteiger partial charge in [-0.3, -0.25) is 0 Å². The van der Waals surface area contributed by atoms with E-state index >= 15 is 0 Å². The molecule has 1 aliphatic rings. The number of halogens is 2. The topological polar surface area (TPSA) is 85.3 Å². The number of nitrogens with zero attached hydrogens (tertiary/aromatic N) is 1. The van der Waals surface area contributed by atoms with E-state index in [0.29, 0.717) is 16.7 Å². The fourth-order valence-electron chi connectivity index (χ4n) is 4.10. The molecule has 0 fully saturated rings. The summed E-state index contributed by atoms with van der Waals surface area (Å²) in [5.74, 6) is -3.08. The lowest BCUT2D eigenvalue weighted by Gasteiger charge is -2.26. The molecule has 1 unspecified atom stereocenters. The van der Waals surface area contributed by atoms with E-state index in [9.17, 15) is 18.8 Å². The first-order valence-electron chi connectivity index (χ1n) is 10.3. The molecule has 0 saturated carbocycles. The second kappa shape index (κ2) is 8.34. The van der Waals surface area contributed by atoms with Gasteiger partial charge in [-0.15, -0.1) is 0 Å². The summed E-state index contributed by atoms with van der Waals surface area (Å²) in [6.45, 7) is 0. The van der Waals surface area contributed by atoms with Crippen molar-refractivity contribution in [2.45, 2.75) is 5.92 Å². The van der Waals surface area contributed by atoms with Gasteiger partial charge in [0.2, 0.25) is 5.88 Å². The molecule has 7 heteroatoms. The largest absolute Gasteiger partial charge is 0.440 e. The van der Waals surface area contributed by atoms with Gasteiger partial charge < -0.3 is 15.2 Å². The Bertz CT molecular complexity index is 1530. The minimum atomic E-state index is -1.04. The Morgan fingerprint density at radius 1 is 0.971 bits per heavy atom. The number of nitrogens with two attached hydrogens (primary N) is 1. The lowest BCUT2D eigenvalue weighted by atomic mass is 9.83. The first kappa shape index (κ1) is 21.2. The zero-order valence-electron chi connectivity index (χ0n) is 17.6. The van der Waals surface area contributed by atoms with Crippen molar-refractivity contribution in [1.82, 2.24) is 0 Å². The minimum absolute atomic E-state index is 0.0685. The molecule has 5 nitrogen and oxygen atoms in total. The van der Waals surface area contributed by atoms with E-state index < -0.39 is 23.5 Å². The monoisotopic (exact) mass is 454 g/mol. The zero-order valence-corrected chi connectivity index (χ0v) is 17.6. The molecule has 1 atom stereocenters. The van der Waals surface area contributed by atoms with Crippen LogP contribution in [0.2, 0.25) is 0 Å². The van der Waals surface area contributed by atoms with Gasteiger partial charge in [0.05, 0.1) is 11.5 Å². The number of carbonyl (C=O) groups excluding carboxylic acids is 1. The summed E-state index contributed by atoms with van der Waals surface area (Å²) < 4.78 is 38.6. The maximum absolute atomic E-state index is 13.9. The molecule has 1 heterocycles. The van der Waals surface area contributed by atoms with E-state index in [1.54, 1.807) is 24.3 Å². The molecule has 0 bridgehead atoms. The Kier molecular flexibility index (Phi) is 5.19. The number of fused-ring (bicyclic) bond motifs is 2. The summed E-state index contributed by atoms with van der Waals surface area (Å²) in [7, 11) is 0. The van der Waals surface area contributed by atoms with E-state index in [1.165, 1.54) is 12.1 Å². The van der Waals surface area contributed by atoms with E-state index in [2.05, 4.69) is 0 Å². The van der Waals surface area contributed by atoms with E-state index in [0.717, 1.165) is 22.9 Å². The highest BCUT2D eigenvalue weighted by Crippen LogP contribution is 2.43. The third-order valence-corrected chi connectivity index (χ3v) is 5.69. The fourth-order valence-corrected chi connectivity index (χ4v) is 4.10. The Labute approximate surface area is 193 Å². The number of hydrogen-bond donors (Lipinski definition) is 1. The van der Waals surface area contributed by atoms with Crippen LogP contribution in [0.4, 0.5) is 8.78 Å². The Morgan fingerprint density at radius 2 is 1.76 bits per heavy atom. The number of rotatable bonds is 3. The average molecular weight is 454 g/mol. The van der Waals surface area contributed by atoms with Gasteiger partial charge in [0.1, 0.15) is 23.1 Å². The first-order chi connectivity index (χ1) is 16.5. The van der Waals surface area contributed by atoms with E-state index in [1.807, 2.05) is 36.4 Å². The van der Waals surface area contributed by atoms with Crippen LogP contribution in [0.15, 0.2) is 90.3 Å². The number of hydrogen-bond acceptors (Lipinski definition) is 5. The molecule has 1 aliphatic heterocycles. The van der Waals surface area contributed by atoms with Crippen LogP contribution in [0.25, 0.3) is 10.8 Å². The number of esters is 1. The number of allylic oxidation sites excluding steroid dienone is 1. The molecule has 0 radical (unpaired) electrons. The molecule has 166 valence electrons. The van der Waals surface area contributed by atoms with Crippen LogP contribution < -0.4 is 15.2 Å². The third kappa shape index (κ3) is 3.61. The van der Waals surface area contributed by atoms with Gasteiger partial charge in [0.15, 0.2) is 11.6 Å². The SMILES string of the molecule is N#CC1=C(N)Oc2cc(OC(=O)c3cccc4ccccc34)ccc2C1c1ccc(F)c(F)c1. The summed E-state index contributed by atoms with van der Waals surface area (Å²) in [6.07, 6.45) is 0. The summed E-state index contributed by atoms with van der Waals surface area (Å²) in [5, 5.41) is 11.3. The van der Waals surface area contributed by atoms with Crippen molar-refractivity contribution in [2.24, 2.45) is 5.73 Å². The standard InChI is InChI=1S/C27H16F2N2O3/c28-22-11-8-16(12-23(22)29)25-20-10-9-17(13-24(20)34-26(31)21(25)14-30)33-27(32)19-7-3-5-15-4-1-2-6-18(15)19/h1-13,25H,31H2. The molecule has 0 aromatic heterocycles. The van der Waals surface area contributed by atoms with Crippen molar-refractivity contribution in [3.63, 3.8) is 0 Å². The van der Waals surface area contributed by atoms with Gasteiger partial charge in [0, 0.05) is 11.6 Å². The van der Waals surface area contributed by atoms with Crippen molar-refractivity contribution in [2.75, 3.05) is 0 Å². The quantitative estimate of drug-likeness (QED) is 0.324. The molecule has 0 spiro atoms. The van der Waals surface area contributed by atoms with Crippen LogP contribution in [0.5, 0.6) is 11.5 Å². The Hall–Kier alpha value is -4.70. The summed E-state index contributed by atoms with van der Waals surface area (Å²) in [4.78, 5) is 12.9. The van der Waals surface area contributed by atoms with Crippen LogP contribution >= 0.6 is 0 Å². The van der Waals surface area contributed by atoms with Crippen LogP contribution in [-0.2, 0) is 0 Å². The summed E-state index contributed by atoms with van der Waals surface area (Å²) in [6, 6.07) is 22.8. The number of carbonyl (C=O) groups is 1. The normalized spacial score (nSPS) is 14.8. The fraction of sp³-hybridized carbons (Fsp3) is 0.0370. The Morgan fingerprint density at radius 3 is 2.56 bits per heavy atom. The molecule has 0 aliphatic carbocycles. The molecular weight excluding hydrogens is 438 g/mol. The molecule has 4 aromatic rings. The second-order valence-electron chi connectivity index (χ2n) is 7.71. The van der Waals surface area contributed by atoms with Gasteiger partial charge in [0.25, 0.3) is 0 Å². The average Bonchev–Trinajstić information content (AvgIpc) is 2.84. The molecule has 0 amide bonds. The summed E-state index contributed by atoms with van der Waals surface area (Å²) >= 11 is 0. The maximum atomic E-state index is 13.9. The second-order valence-corrected chi connectivity index (χ2v) is 7.71. The maximum Gasteiger partial charge on any atom is 0.344 e. The van der Waals surface area contributed by atoms with Crippen molar-refractivity contribution in [3.8, 4) is 17.6 Å². The van der Waals surface area contributed by atoms with Crippen LogP contribution in [0.1, 0.15) is 27.4 Å². The molecule has 4 aromatic carbocycles. The number of ether oxygens (including phenoxy) is 2. The van der Waals surface area contributed by atoms with Gasteiger partial charge >= 0.3 is 5.97 Å². The van der Waals surface area contributed by atoms with Gasteiger partial charge in [-0.1, -0.05) is 48.5 Å². The lowest BCUT2D eigenvalue weighted by Crippen LogP contribution is -2.21. The minimum Gasteiger partial charge on any atom is -0.440 e. The highest BCUT2D eigenvalue weighted by molar-refractivity contribution is 6.05. The van der Waals surface area contributed by atoms with E-state index in [-0.39, 0.29) is 23.0 Å². The number of benzene rings is 4. The molecule has 0 saturated heterocycles. The predicted molar refractivity (Wildman–Crippen MR) is 121 cm³/mol. The predicted octanol–water partition coefficient (Wildman–Crippen LogP) is 5.56. The number of nitriles is 1. The molecule has 34 heavy (non-hydrogen) atoms. The van der Waals surface area contributed by atoms with Crippen LogP contribution in [0, 0.1) is 23.0 Å². The Balaban J connectivity index is 1.51. The third-order valence-electron chi connectivity index (χ3n) is 5.69. The highest BCUT2D eigenvalue weighted by Gasteiger charge is 2.31. The van der Waals surface area contributed by atoms with Crippen molar-refractivity contribution in [3.05, 3.63) is 119 Å². The smallest absolute Gasteiger partial charge is 0.344 e. The van der Waals surface area contributed by atoms with Crippen molar-refractivity contribution in [1.29, 1.82) is 5.26 Å². The molecule has 5 rings (SSSR count). The van der Waals surface area contributed by atoms with Gasteiger partial charge in [-0.25, -0.2) is 13.6 Å². The van der Waals surface area contributed by atoms with Crippen LogP contribution in [-0.4, -0.2) is 5.97 Å². The zero-order chi connectivity index (χ0) is 23.8. The highest BCUT2D eigenvalue weighted by atomic mass is 19.2. The van der Waals surface area contributed by atoms with Crippen molar-refractivity contribution < 1.29 is 23.0 Å². The van der Waals surface area contributed by atoms with E-state index in [4.69, 9.17) is 15.2 Å². The molecule has 2 N–H and O–H groups in total. The van der Waals surface area contributed by atoms with Crippen molar-refractivity contribution >= 4 is 16.7 Å². The summed E-state index contributed by atoms with van der Waals surface area (Å²) in [5.41, 5.74) is 7.28. The van der Waals surface area contributed by atoms with Gasteiger partial charge in [-0.05, 0) is 40.6 Å². The lowest BCUT2D eigenvalue weighted by molar-refractivity contribution is 0.0736.